The summed E-state index contributed by atoms with van der Waals surface area (Å²) >= 11 is 1.64. The Morgan fingerprint density at radius 1 is 1.26 bits per heavy atom. The molecule has 4 heteroatoms. The van der Waals surface area contributed by atoms with Crippen LogP contribution in [-0.2, 0) is 0 Å². The molecular weight excluding hydrogens is 256 g/mol. The quantitative estimate of drug-likeness (QED) is 0.698. The van der Waals surface area contributed by atoms with Crippen molar-refractivity contribution in [2.45, 2.75) is 19.8 Å². The van der Waals surface area contributed by atoms with Gasteiger partial charge in [0.2, 0.25) is 0 Å². The molecule has 0 radical (unpaired) electrons. The van der Waals surface area contributed by atoms with E-state index in [0.29, 0.717) is 5.92 Å². The summed E-state index contributed by atoms with van der Waals surface area (Å²) in [5.41, 5.74) is 4.37. The van der Waals surface area contributed by atoms with E-state index in [9.17, 15) is 0 Å². The monoisotopic (exact) mass is 270 g/mol. The van der Waals surface area contributed by atoms with Crippen LogP contribution in [0, 0.1) is 0 Å². The van der Waals surface area contributed by atoms with Crippen molar-refractivity contribution in [3.63, 3.8) is 0 Å². The first kappa shape index (κ1) is 12.1. The maximum atomic E-state index is 5.10. The van der Waals surface area contributed by atoms with E-state index in [4.69, 9.17) is 4.42 Å². The molecule has 3 rings (SSSR count). The summed E-state index contributed by atoms with van der Waals surface area (Å²) in [6.45, 7) is 4.37. The molecule has 96 valence electrons. The van der Waals surface area contributed by atoms with Crippen LogP contribution in [0.1, 0.15) is 25.3 Å². The molecule has 0 saturated heterocycles. The number of rotatable bonds is 3. The Balaban J connectivity index is 2.04. The average Bonchev–Trinajstić information content (AvgIpc) is 3.09. The molecule has 0 unspecified atom stereocenters. The van der Waals surface area contributed by atoms with Crippen LogP contribution in [0.15, 0.2) is 46.8 Å². The minimum absolute atomic E-state index is 0.458. The SMILES string of the molecule is CC(C)c1ccncc1-c1nc(-c2ccoc2)cs1. The molecular formula is C15H14N2OS. The summed E-state index contributed by atoms with van der Waals surface area (Å²) in [5, 5.41) is 3.06. The molecule has 3 nitrogen and oxygen atoms in total. The second-order valence-electron chi connectivity index (χ2n) is 4.67. The number of furan rings is 1. The van der Waals surface area contributed by atoms with Crippen molar-refractivity contribution in [2.75, 3.05) is 0 Å². The van der Waals surface area contributed by atoms with Crippen molar-refractivity contribution in [2.24, 2.45) is 0 Å². The van der Waals surface area contributed by atoms with Crippen LogP contribution in [0.4, 0.5) is 0 Å². The van der Waals surface area contributed by atoms with Crippen LogP contribution < -0.4 is 0 Å². The number of pyridine rings is 1. The molecule has 0 bridgehead atoms. The van der Waals surface area contributed by atoms with Gasteiger partial charge >= 0.3 is 0 Å². The minimum atomic E-state index is 0.458. The zero-order chi connectivity index (χ0) is 13.2. The fourth-order valence-electron chi connectivity index (χ4n) is 2.03. The van der Waals surface area contributed by atoms with Crippen molar-refractivity contribution in [1.82, 2.24) is 9.97 Å². The van der Waals surface area contributed by atoms with E-state index in [1.165, 1.54) is 5.56 Å². The van der Waals surface area contributed by atoms with Crippen LogP contribution in [0.2, 0.25) is 0 Å². The van der Waals surface area contributed by atoms with Gasteiger partial charge in [-0.25, -0.2) is 4.98 Å². The molecule has 0 aromatic carbocycles. The van der Waals surface area contributed by atoms with Gasteiger partial charge in [0.05, 0.1) is 18.2 Å². The standard InChI is InChI=1S/C15H14N2OS/c1-10(2)12-3-5-16-7-13(12)15-17-14(9-19-15)11-4-6-18-8-11/h3-10H,1-2H3. The van der Waals surface area contributed by atoms with Gasteiger partial charge in [-0.15, -0.1) is 11.3 Å². The molecule has 0 N–H and O–H groups in total. The van der Waals surface area contributed by atoms with Crippen LogP contribution in [0.25, 0.3) is 21.8 Å². The molecule has 3 heterocycles. The maximum absolute atomic E-state index is 5.10. The smallest absolute Gasteiger partial charge is 0.125 e. The van der Waals surface area contributed by atoms with Gasteiger partial charge in [-0.1, -0.05) is 13.8 Å². The molecule has 0 aliphatic rings. The molecule has 3 aromatic rings. The van der Waals surface area contributed by atoms with Crippen molar-refractivity contribution in [3.8, 4) is 21.8 Å². The predicted octanol–water partition coefficient (Wildman–Crippen LogP) is 4.59. The summed E-state index contributed by atoms with van der Waals surface area (Å²) in [7, 11) is 0. The average molecular weight is 270 g/mol. The van der Waals surface area contributed by atoms with Crippen LogP contribution in [-0.4, -0.2) is 9.97 Å². The van der Waals surface area contributed by atoms with Crippen LogP contribution >= 0.6 is 11.3 Å². The third-order valence-electron chi connectivity index (χ3n) is 3.03. The fourth-order valence-corrected chi connectivity index (χ4v) is 2.89. The van der Waals surface area contributed by atoms with E-state index in [1.54, 1.807) is 23.9 Å². The number of hydrogen-bond acceptors (Lipinski definition) is 4. The molecule has 3 aromatic heterocycles. The number of hydrogen-bond donors (Lipinski definition) is 0. The molecule has 0 spiro atoms. The summed E-state index contributed by atoms with van der Waals surface area (Å²) in [4.78, 5) is 8.91. The lowest BCUT2D eigenvalue weighted by atomic mass is 10.00. The summed E-state index contributed by atoms with van der Waals surface area (Å²) in [6, 6.07) is 3.99. The highest BCUT2D eigenvalue weighted by molar-refractivity contribution is 7.13. The summed E-state index contributed by atoms with van der Waals surface area (Å²) in [6.07, 6.45) is 7.11. The van der Waals surface area contributed by atoms with Gasteiger partial charge in [0.25, 0.3) is 0 Å². The van der Waals surface area contributed by atoms with E-state index >= 15 is 0 Å². The van der Waals surface area contributed by atoms with Crippen molar-refractivity contribution in [3.05, 3.63) is 48.0 Å². The third-order valence-corrected chi connectivity index (χ3v) is 3.90. The predicted molar refractivity (Wildman–Crippen MR) is 77.1 cm³/mol. The molecule has 19 heavy (non-hydrogen) atoms. The zero-order valence-electron chi connectivity index (χ0n) is 10.8. The highest BCUT2D eigenvalue weighted by atomic mass is 32.1. The van der Waals surface area contributed by atoms with Gasteiger partial charge in [0, 0.05) is 28.9 Å². The minimum Gasteiger partial charge on any atom is -0.472 e. The second-order valence-corrected chi connectivity index (χ2v) is 5.53. The lowest BCUT2D eigenvalue weighted by Gasteiger charge is -2.09. The third kappa shape index (κ3) is 2.31. The first-order valence-electron chi connectivity index (χ1n) is 6.18. The van der Waals surface area contributed by atoms with Crippen LogP contribution in [0.3, 0.4) is 0 Å². The Hall–Kier alpha value is -1.94. The van der Waals surface area contributed by atoms with E-state index < -0.39 is 0 Å². The molecule has 0 aliphatic carbocycles. The Morgan fingerprint density at radius 2 is 2.16 bits per heavy atom. The molecule has 0 amide bonds. The second kappa shape index (κ2) is 4.97. The molecule has 0 saturated carbocycles. The fraction of sp³-hybridized carbons (Fsp3) is 0.200. The van der Waals surface area contributed by atoms with E-state index in [-0.39, 0.29) is 0 Å². The highest BCUT2D eigenvalue weighted by Gasteiger charge is 2.13. The summed E-state index contributed by atoms with van der Waals surface area (Å²) < 4.78 is 5.10. The number of thiazole rings is 1. The van der Waals surface area contributed by atoms with Crippen molar-refractivity contribution < 1.29 is 4.42 Å². The first-order chi connectivity index (χ1) is 9.25. The normalized spacial score (nSPS) is 11.1. The number of aromatic nitrogens is 2. The maximum Gasteiger partial charge on any atom is 0.125 e. The Bertz CT molecular complexity index is 671. The topological polar surface area (TPSA) is 38.9 Å². The lowest BCUT2D eigenvalue weighted by molar-refractivity contribution is 0.568. The Kier molecular flexibility index (Phi) is 3.17. The Labute approximate surface area is 116 Å². The van der Waals surface area contributed by atoms with Gasteiger partial charge in [0.15, 0.2) is 0 Å². The van der Waals surface area contributed by atoms with E-state index in [2.05, 4.69) is 35.3 Å². The number of nitrogens with zero attached hydrogens (tertiary/aromatic N) is 2. The highest BCUT2D eigenvalue weighted by Crippen LogP contribution is 2.33. The Morgan fingerprint density at radius 3 is 2.89 bits per heavy atom. The van der Waals surface area contributed by atoms with Gasteiger partial charge in [-0.05, 0) is 23.6 Å². The first-order valence-corrected chi connectivity index (χ1v) is 7.06. The lowest BCUT2D eigenvalue weighted by Crippen LogP contribution is -1.92. The largest absolute Gasteiger partial charge is 0.472 e. The summed E-state index contributed by atoms with van der Waals surface area (Å²) in [5.74, 6) is 0.458. The zero-order valence-corrected chi connectivity index (χ0v) is 11.6. The molecule has 0 aliphatic heterocycles. The van der Waals surface area contributed by atoms with E-state index in [0.717, 1.165) is 21.8 Å². The van der Waals surface area contributed by atoms with Crippen molar-refractivity contribution in [1.29, 1.82) is 0 Å². The van der Waals surface area contributed by atoms with Crippen molar-refractivity contribution >= 4 is 11.3 Å². The van der Waals surface area contributed by atoms with Crippen LogP contribution in [0.5, 0.6) is 0 Å². The van der Waals surface area contributed by atoms with Gasteiger partial charge in [0.1, 0.15) is 5.01 Å². The van der Waals surface area contributed by atoms with E-state index in [1.807, 2.05) is 18.5 Å². The van der Waals surface area contributed by atoms with Gasteiger partial charge in [-0.3, -0.25) is 4.98 Å². The molecule has 0 atom stereocenters. The molecule has 0 fully saturated rings. The van der Waals surface area contributed by atoms with Gasteiger partial charge < -0.3 is 4.42 Å². The van der Waals surface area contributed by atoms with Gasteiger partial charge in [-0.2, -0.15) is 0 Å².